The number of nitrogens with zero attached hydrogens (tertiary/aromatic N) is 3. The molecule has 0 aliphatic heterocycles. The smallest absolute Gasteiger partial charge is 0.268 e. The van der Waals surface area contributed by atoms with Gasteiger partial charge in [-0.05, 0) is 13.8 Å². The van der Waals surface area contributed by atoms with Gasteiger partial charge >= 0.3 is 0 Å². The van der Waals surface area contributed by atoms with Crippen molar-refractivity contribution in [3.63, 3.8) is 0 Å². The van der Waals surface area contributed by atoms with Crippen LogP contribution in [0.5, 0.6) is 0 Å². The summed E-state index contributed by atoms with van der Waals surface area (Å²) in [5.41, 5.74) is 1.67. The summed E-state index contributed by atoms with van der Waals surface area (Å²) in [5.74, 6) is 0.633. The molecule has 0 radical (unpaired) electrons. The highest BCUT2D eigenvalue weighted by atomic mass is 16.1. The number of hydrogen-bond acceptors (Lipinski definition) is 4. The molecule has 0 atom stereocenters. The summed E-state index contributed by atoms with van der Waals surface area (Å²) < 4.78 is 0. The summed E-state index contributed by atoms with van der Waals surface area (Å²) in [4.78, 5) is 25.7. The van der Waals surface area contributed by atoms with E-state index >= 15 is 0 Å². The normalized spacial score (nSPS) is 10.6. The molecule has 0 saturated heterocycles. The van der Waals surface area contributed by atoms with Crippen molar-refractivity contribution < 1.29 is 0 Å². The van der Waals surface area contributed by atoms with Crippen molar-refractivity contribution in [1.82, 2.24) is 19.9 Å². The minimum atomic E-state index is -0.245. The maximum absolute atomic E-state index is 10.9. The van der Waals surface area contributed by atoms with Crippen LogP contribution in [0.4, 0.5) is 0 Å². The zero-order chi connectivity index (χ0) is 9.42. The van der Waals surface area contributed by atoms with Crippen molar-refractivity contribution in [3.8, 4) is 0 Å². The van der Waals surface area contributed by atoms with Crippen LogP contribution in [-0.2, 0) is 0 Å². The van der Waals surface area contributed by atoms with Crippen molar-refractivity contribution in [2.45, 2.75) is 13.8 Å². The number of nitrogens with one attached hydrogen (secondary N) is 1. The predicted molar refractivity (Wildman–Crippen MR) is 47.4 cm³/mol. The first-order valence-corrected chi connectivity index (χ1v) is 3.87. The van der Waals surface area contributed by atoms with E-state index < -0.39 is 0 Å². The van der Waals surface area contributed by atoms with Crippen molar-refractivity contribution in [1.29, 1.82) is 0 Å². The second-order valence-corrected chi connectivity index (χ2v) is 2.80. The molecule has 1 N–H and O–H groups in total. The van der Waals surface area contributed by atoms with Crippen LogP contribution in [0.3, 0.4) is 0 Å². The molecule has 0 unspecified atom stereocenters. The first-order chi connectivity index (χ1) is 6.16. The third-order valence-corrected chi connectivity index (χ3v) is 1.72. The highest BCUT2D eigenvalue weighted by Gasteiger charge is 2.02. The van der Waals surface area contributed by atoms with Gasteiger partial charge in [-0.25, -0.2) is 15.0 Å². The number of aromatic nitrogens is 4. The second kappa shape index (κ2) is 2.62. The molecule has 2 aromatic rings. The number of fused-ring (bicyclic) bond motifs is 1. The molecule has 0 spiro atoms. The Morgan fingerprint density at radius 2 is 2.08 bits per heavy atom. The van der Waals surface area contributed by atoms with Crippen LogP contribution in [0.15, 0.2) is 11.0 Å². The Morgan fingerprint density at radius 3 is 2.85 bits per heavy atom. The lowest BCUT2D eigenvalue weighted by Crippen LogP contribution is -2.08. The van der Waals surface area contributed by atoms with Gasteiger partial charge in [0, 0.05) is 0 Å². The fraction of sp³-hybridized carbons (Fsp3) is 0.250. The fourth-order valence-electron chi connectivity index (χ4n) is 1.22. The lowest BCUT2D eigenvalue weighted by Gasteiger charge is -1.99. The number of hydrogen-bond donors (Lipinski definition) is 1. The molecule has 2 rings (SSSR count). The van der Waals surface area contributed by atoms with Crippen molar-refractivity contribution in [3.05, 3.63) is 28.1 Å². The zero-order valence-corrected chi connectivity index (χ0v) is 7.33. The summed E-state index contributed by atoms with van der Waals surface area (Å²) in [6.07, 6.45) is 1.23. The van der Waals surface area contributed by atoms with E-state index in [9.17, 15) is 4.79 Å². The molecule has 0 fully saturated rings. The summed E-state index contributed by atoms with van der Waals surface area (Å²) in [6.45, 7) is 3.61. The van der Waals surface area contributed by atoms with Gasteiger partial charge in [-0.3, -0.25) is 4.79 Å². The molecule has 0 aliphatic rings. The molecule has 0 bridgehead atoms. The number of rotatable bonds is 0. The molecule has 5 nitrogen and oxygen atoms in total. The standard InChI is InChI=1S/C8H8N4O/c1-4-7-8(11-5(2)10-4)12-6(13)3-9-7/h3H,1-2H3,(H,10,11,12,13). The maximum Gasteiger partial charge on any atom is 0.268 e. The lowest BCUT2D eigenvalue weighted by atomic mass is 10.4. The van der Waals surface area contributed by atoms with Crippen molar-refractivity contribution in [2.75, 3.05) is 0 Å². The van der Waals surface area contributed by atoms with E-state index in [1.54, 1.807) is 6.92 Å². The second-order valence-electron chi connectivity index (χ2n) is 2.80. The molecule has 0 amide bonds. The van der Waals surface area contributed by atoms with Gasteiger partial charge in [0.25, 0.3) is 5.56 Å². The molecular weight excluding hydrogens is 168 g/mol. The van der Waals surface area contributed by atoms with Crippen LogP contribution in [0, 0.1) is 13.8 Å². The van der Waals surface area contributed by atoms with Gasteiger partial charge in [0.05, 0.1) is 11.9 Å². The van der Waals surface area contributed by atoms with Gasteiger partial charge in [-0.1, -0.05) is 0 Å². The van der Waals surface area contributed by atoms with Gasteiger partial charge in [0.15, 0.2) is 5.65 Å². The van der Waals surface area contributed by atoms with Crippen molar-refractivity contribution in [2.24, 2.45) is 0 Å². The monoisotopic (exact) mass is 176 g/mol. The quantitative estimate of drug-likeness (QED) is 0.627. The third-order valence-electron chi connectivity index (χ3n) is 1.72. The first kappa shape index (κ1) is 7.85. The molecular formula is C8H8N4O. The maximum atomic E-state index is 10.9. The zero-order valence-electron chi connectivity index (χ0n) is 7.33. The molecule has 0 saturated carbocycles. The Labute approximate surface area is 73.9 Å². The summed E-state index contributed by atoms with van der Waals surface area (Å²) >= 11 is 0. The minimum Gasteiger partial charge on any atom is -0.304 e. The summed E-state index contributed by atoms with van der Waals surface area (Å²) in [6, 6.07) is 0. The van der Waals surface area contributed by atoms with E-state index in [0.29, 0.717) is 17.0 Å². The highest BCUT2D eigenvalue weighted by Crippen LogP contribution is 2.06. The van der Waals surface area contributed by atoms with Crippen LogP contribution < -0.4 is 5.56 Å². The Balaban J connectivity index is 2.94. The van der Waals surface area contributed by atoms with E-state index in [0.717, 1.165) is 5.69 Å². The summed E-state index contributed by atoms with van der Waals surface area (Å²) in [5, 5.41) is 0. The van der Waals surface area contributed by atoms with E-state index in [1.807, 2.05) is 6.92 Å². The molecule has 66 valence electrons. The largest absolute Gasteiger partial charge is 0.304 e. The first-order valence-electron chi connectivity index (χ1n) is 3.87. The molecule has 13 heavy (non-hydrogen) atoms. The number of H-pyrrole nitrogens is 1. The molecule has 0 aliphatic carbocycles. The predicted octanol–water partition coefficient (Wildman–Crippen LogP) is 0.330. The van der Waals surface area contributed by atoms with Gasteiger partial charge in [0.2, 0.25) is 0 Å². The van der Waals surface area contributed by atoms with Gasteiger partial charge in [-0.15, -0.1) is 0 Å². The number of aromatic amines is 1. The SMILES string of the molecule is Cc1nc(C)c2ncc(=O)[nH]c2n1. The van der Waals surface area contributed by atoms with Gasteiger partial charge in [-0.2, -0.15) is 0 Å². The molecule has 2 aromatic heterocycles. The van der Waals surface area contributed by atoms with Crippen LogP contribution in [0.1, 0.15) is 11.5 Å². The molecule has 2 heterocycles. The van der Waals surface area contributed by atoms with E-state index in [4.69, 9.17) is 0 Å². The topological polar surface area (TPSA) is 71.5 Å². The van der Waals surface area contributed by atoms with E-state index in [2.05, 4.69) is 19.9 Å². The Morgan fingerprint density at radius 1 is 1.31 bits per heavy atom. The van der Waals surface area contributed by atoms with Crippen molar-refractivity contribution >= 4 is 11.2 Å². The van der Waals surface area contributed by atoms with Gasteiger partial charge < -0.3 is 4.98 Å². The van der Waals surface area contributed by atoms with E-state index in [1.165, 1.54) is 6.20 Å². The van der Waals surface area contributed by atoms with Crippen LogP contribution in [0.25, 0.3) is 11.2 Å². The average Bonchev–Trinajstić information content (AvgIpc) is 2.02. The minimum absolute atomic E-state index is 0.245. The third kappa shape index (κ3) is 1.28. The summed E-state index contributed by atoms with van der Waals surface area (Å²) in [7, 11) is 0. The average molecular weight is 176 g/mol. The lowest BCUT2D eigenvalue weighted by molar-refractivity contribution is 1.01. The number of aryl methyl sites for hydroxylation is 2. The highest BCUT2D eigenvalue weighted by molar-refractivity contribution is 5.71. The van der Waals surface area contributed by atoms with E-state index in [-0.39, 0.29) is 5.56 Å². The molecule has 5 heteroatoms. The fourth-order valence-corrected chi connectivity index (χ4v) is 1.22. The van der Waals surface area contributed by atoms with Gasteiger partial charge in [0.1, 0.15) is 11.3 Å². The Hall–Kier alpha value is -1.78. The molecule has 0 aromatic carbocycles. The van der Waals surface area contributed by atoms with Crippen LogP contribution in [0.2, 0.25) is 0 Å². The Bertz CT molecular complexity index is 517. The van der Waals surface area contributed by atoms with Crippen LogP contribution >= 0.6 is 0 Å². The Kier molecular flexibility index (Phi) is 1.58. The van der Waals surface area contributed by atoms with Crippen LogP contribution in [-0.4, -0.2) is 19.9 Å².